The molecule has 0 amide bonds. The van der Waals surface area contributed by atoms with Crippen molar-refractivity contribution >= 4 is 11.6 Å². The smallest absolute Gasteiger partial charge is 0.0888 e. The highest BCUT2D eigenvalue weighted by Gasteiger charge is 2.54. The van der Waals surface area contributed by atoms with Crippen LogP contribution in [0.4, 0.5) is 0 Å². The Kier molecular flexibility index (Phi) is 4.54. The number of benzene rings is 1. The predicted molar refractivity (Wildman–Crippen MR) is 96.7 cm³/mol. The van der Waals surface area contributed by atoms with E-state index >= 15 is 0 Å². The molecule has 2 aliphatic rings. The molecule has 128 valence electrons. The lowest BCUT2D eigenvalue weighted by Gasteiger charge is -2.41. The average Bonchev–Trinajstić information content (AvgIpc) is 2.74. The van der Waals surface area contributed by atoms with Crippen LogP contribution in [-0.2, 0) is 4.84 Å². The molecule has 3 rings (SSSR count). The Bertz CT molecular complexity index is 583. The van der Waals surface area contributed by atoms with E-state index in [4.69, 9.17) is 16.4 Å². The maximum absolute atomic E-state index is 6.37. The minimum absolute atomic E-state index is 0.0889. The largest absolute Gasteiger partial charge is 0.292 e. The zero-order valence-electron chi connectivity index (χ0n) is 15.3. The number of halogens is 1. The molecule has 0 aromatic heterocycles. The quantitative estimate of drug-likeness (QED) is 0.699. The number of fused-ring (bicyclic) bond motifs is 1. The fourth-order valence-electron chi connectivity index (χ4n) is 4.82. The van der Waals surface area contributed by atoms with Gasteiger partial charge in [0.25, 0.3) is 0 Å². The maximum atomic E-state index is 6.37. The summed E-state index contributed by atoms with van der Waals surface area (Å²) in [5.74, 6) is 1.78. The van der Waals surface area contributed by atoms with E-state index in [1.807, 2.05) is 6.07 Å². The molecule has 1 saturated heterocycles. The Morgan fingerprint density at radius 2 is 1.96 bits per heavy atom. The van der Waals surface area contributed by atoms with Crippen LogP contribution in [0.2, 0.25) is 5.02 Å². The van der Waals surface area contributed by atoms with Crippen molar-refractivity contribution in [2.45, 2.75) is 78.0 Å². The third-order valence-corrected chi connectivity index (χ3v) is 6.39. The third kappa shape index (κ3) is 2.94. The minimum Gasteiger partial charge on any atom is -0.292 e. The molecule has 1 aromatic carbocycles. The van der Waals surface area contributed by atoms with E-state index in [-0.39, 0.29) is 5.60 Å². The molecule has 0 radical (unpaired) electrons. The lowest BCUT2D eigenvalue weighted by atomic mass is 9.65. The van der Waals surface area contributed by atoms with Gasteiger partial charge in [0.05, 0.1) is 5.60 Å². The van der Waals surface area contributed by atoms with Gasteiger partial charge in [0.2, 0.25) is 0 Å². The summed E-state index contributed by atoms with van der Waals surface area (Å²) in [5.41, 5.74) is 2.60. The van der Waals surface area contributed by atoms with E-state index in [2.05, 4.69) is 58.7 Å². The fourth-order valence-corrected chi connectivity index (χ4v) is 5.00. The average molecular weight is 336 g/mol. The van der Waals surface area contributed by atoms with Crippen molar-refractivity contribution in [2.75, 3.05) is 0 Å². The maximum Gasteiger partial charge on any atom is 0.0888 e. The Morgan fingerprint density at radius 3 is 2.61 bits per heavy atom. The third-order valence-electron chi connectivity index (χ3n) is 5.98. The summed E-state index contributed by atoms with van der Waals surface area (Å²) in [6.07, 6.45) is 2.40. The van der Waals surface area contributed by atoms with Crippen molar-refractivity contribution in [1.29, 1.82) is 0 Å². The van der Waals surface area contributed by atoms with Gasteiger partial charge in [-0.25, -0.2) is 0 Å². The van der Waals surface area contributed by atoms with Crippen molar-refractivity contribution in [3.63, 3.8) is 0 Å². The lowest BCUT2D eigenvalue weighted by Crippen LogP contribution is -2.45. The molecule has 2 fully saturated rings. The summed E-state index contributed by atoms with van der Waals surface area (Å²) in [6.45, 7) is 13.5. The van der Waals surface area contributed by atoms with Crippen LogP contribution in [-0.4, -0.2) is 22.7 Å². The highest BCUT2D eigenvalue weighted by molar-refractivity contribution is 6.31. The van der Waals surface area contributed by atoms with Crippen LogP contribution in [0.25, 0.3) is 0 Å². The molecule has 0 N–H and O–H groups in total. The first-order valence-electron chi connectivity index (χ1n) is 8.95. The summed E-state index contributed by atoms with van der Waals surface area (Å²) in [7, 11) is 0. The molecule has 4 atom stereocenters. The van der Waals surface area contributed by atoms with Crippen molar-refractivity contribution in [2.24, 2.45) is 11.8 Å². The molecule has 1 aliphatic carbocycles. The highest BCUT2D eigenvalue weighted by Crippen LogP contribution is 2.52. The zero-order valence-corrected chi connectivity index (χ0v) is 16.0. The molecular formula is C20H30ClNO. The van der Waals surface area contributed by atoms with Gasteiger partial charge in [0.1, 0.15) is 0 Å². The van der Waals surface area contributed by atoms with Crippen LogP contribution in [0.1, 0.15) is 64.5 Å². The van der Waals surface area contributed by atoms with E-state index in [0.29, 0.717) is 29.8 Å². The predicted octanol–water partition coefficient (Wildman–Crippen LogP) is 5.58. The standard InChI is InChI=1S/C20H30ClNO/c1-12(2)22-19-13(3)10-15(11-17(19)20(5,6)23-22)16-8-7-9-18(21)14(16)4/h7-9,12-13,15,17,19H,10-11H2,1-6H3. The molecule has 1 aromatic rings. The molecule has 0 spiro atoms. The zero-order chi connectivity index (χ0) is 16.9. The number of hydrogen-bond acceptors (Lipinski definition) is 2. The molecule has 1 aliphatic heterocycles. The van der Waals surface area contributed by atoms with Crippen molar-refractivity contribution in [3.8, 4) is 0 Å². The second kappa shape index (κ2) is 6.06. The summed E-state index contributed by atoms with van der Waals surface area (Å²) in [5, 5.41) is 3.17. The van der Waals surface area contributed by atoms with Crippen molar-refractivity contribution < 1.29 is 4.84 Å². The number of rotatable bonds is 2. The molecule has 1 heterocycles. The normalized spacial score (nSPS) is 33.9. The Balaban J connectivity index is 1.92. The van der Waals surface area contributed by atoms with E-state index in [1.54, 1.807) is 0 Å². The first-order valence-corrected chi connectivity index (χ1v) is 9.32. The van der Waals surface area contributed by atoms with Crippen LogP contribution in [0, 0.1) is 18.8 Å². The van der Waals surface area contributed by atoms with Crippen LogP contribution < -0.4 is 0 Å². The van der Waals surface area contributed by atoms with Gasteiger partial charge < -0.3 is 0 Å². The fraction of sp³-hybridized carbons (Fsp3) is 0.700. The first-order chi connectivity index (χ1) is 10.7. The van der Waals surface area contributed by atoms with Crippen LogP contribution >= 0.6 is 11.6 Å². The minimum atomic E-state index is -0.0889. The van der Waals surface area contributed by atoms with Gasteiger partial charge in [0.15, 0.2) is 0 Å². The van der Waals surface area contributed by atoms with Crippen molar-refractivity contribution in [3.05, 3.63) is 34.3 Å². The summed E-state index contributed by atoms with van der Waals surface area (Å²) in [6, 6.07) is 7.32. The molecule has 4 unspecified atom stereocenters. The molecule has 2 nitrogen and oxygen atoms in total. The Morgan fingerprint density at radius 1 is 1.26 bits per heavy atom. The number of hydrogen-bond donors (Lipinski definition) is 0. The molecule has 1 saturated carbocycles. The van der Waals surface area contributed by atoms with Crippen LogP contribution in [0.15, 0.2) is 18.2 Å². The van der Waals surface area contributed by atoms with Crippen molar-refractivity contribution in [1.82, 2.24) is 5.06 Å². The lowest BCUT2D eigenvalue weighted by molar-refractivity contribution is -0.215. The van der Waals surface area contributed by atoms with Crippen LogP contribution in [0.3, 0.4) is 0 Å². The second-order valence-corrected chi connectivity index (χ2v) is 8.75. The van der Waals surface area contributed by atoms with E-state index < -0.39 is 0 Å². The number of hydroxylamine groups is 2. The first kappa shape index (κ1) is 17.3. The monoisotopic (exact) mass is 335 g/mol. The molecule has 23 heavy (non-hydrogen) atoms. The molecular weight excluding hydrogens is 306 g/mol. The van der Waals surface area contributed by atoms with Gasteiger partial charge in [-0.1, -0.05) is 30.7 Å². The van der Waals surface area contributed by atoms with Gasteiger partial charge in [0, 0.05) is 23.0 Å². The van der Waals surface area contributed by atoms with E-state index in [0.717, 1.165) is 5.02 Å². The van der Waals surface area contributed by atoms with Gasteiger partial charge in [-0.05, 0) is 76.5 Å². The summed E-state index contributed by atoms with van der Waals surface area (Å²) < 4.78 is 0. The summed E-state index contributed by atoms with van der Waals surface area (Å²) in [4.78, 5) is 6.37. The Hall–Kier alpha value is -0.570. The Labute approximate surface area is 146 Å². The van der Waals surface area contributed by atoms with Gasteiger partial charge in [-0.2, -0.15) is 5.06 Å². The molecule has 0 bridgehead atoms. The van der Waals surface area contributed by atoms with Gasteiger partial charge in [-0.15, -0.1) is 0 Å². The topological polar surface area (TPSA) is 12.5 Å². The van der Waals surface area contributed by atoms with Crippen LogP contribution in [0.5, 0.6) is 0 Å². The van der Waals surface area contributed by atoms with E-state index in [1.165, 1.54) is 24.0 Å². The SMILES string of the molecule is Cc1c(Cl)cccc1C1CC(C)C2C(C1)C(C)(C)ON2C(C)C. The molecule has 3 heteroatoms. The number of nitrogens with zero attached hydrogens (tertiary/aromatic N) is 1. The van der Waals surface area contributed by atoms with Gasteiger partial charge >= 0.3 is 0 Å². The summed E-state index contributed by atoms with van der Waals surface area (Å²) >= 11 is 6.37. The van der Waals surface area contributed by atoms with Gasteiger partial charge in [-0.3, -0.25) is 4.84 Å². The highest BCUT2D eigenvalue weighted by atomic mass is 35.5. The van der Waals surface area contributed by atoms with E-state index in [9.17, 15) is 0 Å². The second-order valence-electron chi connectivity index (χ2n) is 8.35.